The van der Waals surface area contributed by atoms with E-state index < -0.39 is 0 Å². The molecule has 5 aromatic rings. The lowest BCUT2D eigenvalue weighted by Crippen LogP contribution is -2.48. The smallest absolute Gasteiger partial charge is 0.186 e. The molecule has 1 fully saturated rings. The van der Waals surface area contributed by atoms with Gasteiger partial charge in [0.05, 0.1) is 16.3 Å². The van der Waals surface area contributed by atoms with Crippen molar-refractivity contribution in [2.45, 2.75) is 19.0 Å². The van der Waals surface area contributed by atoms with E-state index in [9.17, 15) is 5.11 Å². The molecule has 0 unspecified atom stereocenters. The van der Waals surface area contributed by atoms with Crippen LogP contribution in [0.5, 0.6) is 5.75 Å². The maximum absolute atomic E-state index is 9.89. The molecule has 8 nitrogen and oxygen atoms in total. The highest BCUT2D eigenvalue weighted by Crippen LogP contribution is 2.32. The van der Waals surface area contributed by atoms with Crippen molar-refractivity contribution >= 4 is 26.7 Å². The predicted octanol–water partition coefficient (Wildman–Crippen LogP) is 4.14. The Hall–Kier alpha value is -3.82. The van der Waals surface area contributed by atoms with Crippen LogP contribution in [-0.4, -0.2) is 61.4 Å². The van der Waals surface area contributed by atoms with Crippen LogP contribution in [-0.2, 0) is 13.0 Å². The van der Waals surface area contributed by atoms with Crippen LogP contribution in [0.1, 0.15) is 23.0 Å². The van der Waals surface area contributed by atoms with Crippen LogP contribution in [0, 0.1) is 0 Å². The van der Waals surface area contributed by atoms with Gasteiger partial charge in [0.25, 0.3) is 0 Å². The molecule has 0 radical (unpaired) electrons. The monoisotopic (exact) mass is 497 g/mol. The molecule has 9 heteroatoms. The number of fused-ring (bicyclic) bond motifs is 1. The predicted molar refractivity (Wildman–Crippen MR) is 141 cm³/mol. The Morgan fingerprint density at radius 2 is 1.61 bits per heavy atom. The van der Waals surface area contributed by atoms with Crippen LogP contribution < -0.4 is 4.90 Å². The number of phenolic OH excluding ortho intramolecular Hbond substituents is 1. The fourth-order valence-electron chi connectivity index (χ4n) is 4.79. The van der Waals surface area contributed by atoms with E-state index in [4.69, 9.17) is 4.98 Å². The summed E-state index contributed by atoms with van der Waals surface area (Å²) in [5.41, 5.74) is 3.38. The molecule has 1 atom stereocenters. The molecule has 1 saturated heterocycles. The number of aromatic hydroxyl groups is 1. The number of tetrazole rings is 1. The van der Waals surface area contributed by atoms with E-state index in [0.29, 0.717) is 6.54 Å². The summed E-state index contributed by atoms with van der Waals surface area (Å²) in [6.07, 6.45) is 0.854. The Kier molecular flexibility index (Phi) is 6.31. The molecule has 6 rings (SSSR count). The molecule has 3 heterocycles. The lowest BCUT2D eigenvalue weighted by Gasteiger charge is -2.38. The topological polar surface area (TPSA) is 83.2 Å². The standard InChI is InChI=1S/C27H27N7OS/c35-22-12-10-21(11-13-22)25(26-29-30-31-34(26)15-14-20-6-2-1-3-7-20)32-16-18-33(19-17-32)27-28-23-8-4-5-9-24(23)36-27/h1-13,25,35H,14-19H2/t25-/m0/s1. The van der Waals surface area contributed by atoms with Gasteiger partial charge >= 0.3 is 0 Å². The minimum atomic E-state index is -0.103. The quantitative estimate of drug-likeness (QED) is 0.362. The van der Waals surface area contributed by atoms with Crippen molar-refractivity contribution in [1.82, 2.24) is 30.1 Å². The third-order valence-electron chi connectivity index (χ3n) is 6.70. The van der Waals surface area contributed by atoms with Gasteiger partial charge in [0.1, 0.15) is 5.75 Å². The summed E-state index contributed by atoms with van der Waals surface area (Å²) in [6, 6.07) is 26.0. The molecule has 182 valence electrons. The van der Waals surface area contributed by atoms with Gasteiger partial charge in [-0.1, -0.05) is 65.9 Å². The van der Waals surface area contributed by atoms with Gasteiger partial charge in [-0.3, -0.25) is 4.90 Å². The summed E-state index contributed by atoms with van der Waals surface area (Å²) < 4.78 is 3.14. The molecule has 0 saturated carbocycles. The SMILES string of the molecule is Oc1ccc([C@@H](c2nnnn2CCc2ccccc2)N2CCN(c3nc4ccccc4s3)CC2)cc1. The fourth-order valence-corrected chi connectivity index (χ4v) is 5.81. The van der Waals surface area contributed by atoms with E-state index >= 15 is 0 Å². The zero-order valence-corrected chi connectivity index (χ0v) is 20.6. The van der Waals surface area contributed by atoms with Gasteiger partial charge in [-0.25, -0.2) is 9.67 Å². The van der Waals surface area contributed by atoms with E-state index in [0.717, 1.165) is 54.6 Å². The highest BCUT2D eigenvalue weighted by molar-refractivity contribution is 7.22. The number of phenols is 1. The molecule has 0 amide bonds. The number of thiazole rings is 1. The molecule has 3 aromatic carbocycles. The molecule has 1 aliphatic heterocycles. The molecular formula is C27H27N7OS. The maximum Gasteiger partial charge on any atom is 0.186 e. The minimum absolute atomic E-state index is 0.103. The van der Waals surface area contributed by atoms with Crippen LogP contribution in [0.3, 0.4) is 0 Å². The van der Waals surface area contributed by atoms with E-state index in [-0.39, 0.29) is 11.8 Å². The van der Waals surface area contributed by atoms with Crippen LogP contribution in [0.4, 0.5) is 5.13 Å². The molecule has 1 aliphatic rings. The van der Waals surface area contributed by atoms with Gasteiger partial charge in [0.15, 0.2) is 11.0 Å². The molecular weight excluding hydrogens is 470 g/mol. The van der Waals surface area contributed by atoms with Crippen molar-refractivity contribution in [3.05, 3.63) is 95.8 Å². The zero-order valence-electron chi connectivity index (χ0n) is 19.8. The van der Waals surface area contributed by atoms with Crippen molar-refractivity contribution in [3.8, 4) is 5.75 Å². The van der Waals surface area contributed by atoms with Crippen molar-refractivity contribution in [2.24, 2.45) is 0 Å². The average Bonchev–Trinajstić information content (AvgIpc) is 3.57. The highest BCUT2D eigenvalue weighted by Gasteiger charge is 2.31. The van der Waals surface area contributed by atoms with Gasteiger partial charge in [-0.2, -0.15) is 0 Å². The largest absolute Gasteiger partial charge is 0.508 e. The van der Waals surface area contributed by atoms with Gasteiger partial charge < -0.3 is 10.0 Å². The van der Waals surface area contributed by atoms with E-state index in [1.165, 1.54) is 10.3 Å². The molecule has 1 N–H and O–H groups in total. The van der Waals surface area contributed by atoms with Crippen molar-refractivity contribution in [1.29, 1.82) is 0 Å². The summed E-state index contributed by atoms with van der Waals surface area (Å²) in [5, 5.41) is 23.8. The number of aromatic nitrogens is 5. The summed E-state index contributed by atoms with van der Waals surface area (Å²) in [6.45, 7) is 4.16. The molecule has 2 aromatic heterocycles. The van der Waals surface area contributed by atoms with Crippen molar-refractivity contribution in [3.63, 3.8) is 0 Å². The van der Waals surface area contributed by atoms with Crippen LogP contribution in [0.2, 0.25) is 0 Å². The Morgan fingerprint density at radius 1 is 0.861 bits per heavy atom. The lowest BCUT2D eigenvalue weighted by molar-refractivity contribution is 0.200. The van der Waals surface area contributed by atoms with Crippen LogP contribution in [0.25, 0.3) is 10.2 Å². The second-order valence-corrected chi connectivity index (χ2v) is 9.99. The molecule has 0 bridgehead atoms. The number of hydrogen-bond donors (Lipinski definition) is 1. The summed E-state index contributed by atoms with van der Waals surface area (Å²) >= 11 is 1.75. The Morgan fingerprint density at radius 3 is 2.39 bits per heavy atom. The number of benzene rings is 3. The van der Waals surface area contributed by atoms with E-state index in [1.54, 1.807) is 23.5 Å². The fraction of sp³-hybridized carbons (Fsp3) is 0.259. The first-order valence-electron chi connectivity index (χ1n) is 12.2. The number of nitrogens with zero attached hydrogens (tertiary/aromatic N) is 7. The van der Waals surface area contributed by atoms with Crippen LogP contribution >= 0.6 is 11.3 Å². The molecule has 0 spiro atoms. The number of para-hydroxylation sites is 1. The minimum Gasteiger partial charge on any atom is -0.508 e. The Labute approximate surface area is 213 Å². The Balaban J connectivity index is 1.24. The first-order chi connectivity index (χ1) is 17.7. The molecule has 36 heavy (non-hydrogen) atoms. The number of aryl methyl sites for hydroxylation is 2. The van der Waals surface area contributed by atoms with Gasteiger partial charge in [0.2, 0.25) is 0 Å². The number of anilines is 1. The Bertz CT molecular complexity index is 1390. The first kappa shape index (κ1) is 22.6. The normalized spacial score (nSPS) is 15.4. The lowest BCUT2D eigenvalue weighted by atomic mass is 10.0. The number of rotatable bonds is 7. The zero-order chi connectivity index (χ0) is 24.3. The van der Waals surface area contributed by atoms with Crippen molar-refractivity contribution < 1.29 is 5.11 Å². The highest BCUT2D eigenvalue weighted by atomic mass is 32.1. The van der Waals surface area contributed by atoms with Crippen molar-refractivity contribution in [2.75, 3.05) is 31.1 Å². The summed E-state index contributed by atoms with van der Waals surface area (Å²) in [7, 11) is 0. The molecule has 0 aliphatic carbocycles. The third kappa shape index (κ3) is 4.67. The van der Waals surface area contributed by atoms with Crippen LogP contribution in [0.15, 0.2) is 78.9 Å². The van der Waals surface area contributed by atoms with E-state index in [2.05, 4.69) is 67.8 Å². The number of piperazine rings is 1. The number of hydrogen-bond acceptors (Lipinski definition) is 8. The van der Waals surface area contributed by atoms with Gasteiger partial charge in [-0.05, 0) is 52.2 Å². The third-order valence-corrected chi connectivity index (χ3v) is 7.80. The van der Waals surface area contributed by atoms with E-state index in [1.807, 2.05) is 28.9 Å². The maximum atomic E-state index is 9.89. The summed E-state index contributed by atoms with van der Waals surface area (Å²) in [5.74, 6) is 1.08. The summed E-state index contributed by atoms with van der Waals surface area (Å²) in [4.78, 5) is 9.65. The van der Waals surface area contributed by atoms with Gasteiger partial charge in [0, 0.05) is 32.7 Å². The second-order valence-electron chi connectivity index (χ2n) is 8.98. The average molecular weight is 498 g/mol. The second kappa shape index (κ2) is 10.0. The first-order valence-corrected chi connectivity index (χ1v) is 13.0. The van der Waals surface area contributed by atoms with Gasteiger partial charge in [-0.15, -0.1) is 5.10 Å².